The Bertz CT molecular complexity index is 671. The van der Waals surface area contributed by atoms with Crippen molar-refractivity contribution < 1.29 is 24.2 Å². The van der Waals surface area contributed by atoms with Gasteiger partial charge < -0.3 is 14.6 Å². The predicted molar refractivity (Wildman–Crippen MR) is 80.8 cm³/mol. The highest BCUT2D eigenvalue weighted by Crippen LogP contribution is 2.45. The lowest BCUT2D eigenvalue weighted by atomic mass is 9.84. The van der Waals surface area contributed by atoms with Crippen LogP contribution in [0.1, 0.15) is 31.1 Å². The third-order valence-corrected chi connectivity index (χ3v) is 4.52. The first-order chi connectivity index (χ1) is 10.6. The number of hydrogen-bond donors (Lipinski definition) is 1. The van der Waals surface area contributed by atoms with Crippen molar-refractivity contribution in [1.82, 2.24) is 0 Å². The third kappa shape index (κ3) is 2.28. The summed E-state index contributed by atoms with van der Waals surface area (Å²) < 4.78 is 10.7. The topological polar surface area (TPSA) is 72.8 Å². The number of ketones is 1. The summed E-state index contributed by atoms with van der Waals surface area (Å²) >= 11 is 1.45. The Kier molecular flexibility index (Phi) is 3.88. The first-order valence-electron chi connectivity index (χ1n) is 7.17. The van der Waals surface area contributed by atoms with Crippen LogP contribution in [0.3, 0.4) is 0 Å². The van der Waals surface area contributed by atoms with Gasteiger partial charge in [-0.3, -0.25) is 4.79 Å². The zero-order chi connectivity index (χ0) is 15.7. The van der Waals surface area contributed by atoms with Gasteiger partial charge in [-0.25, -0.2) is 4.79 Å². The minimum absolute atomic E-state index is 0.0417. The first-order valence-corrected chi connectivity index (χ1v) is 8.05. The average Bonchev–Trinajstić information content (AvgIpc) is 3.08. The maximum atomic E-state index is 12.3. The summed E-state index contributed by atoms with van der Waals surface area (Å²) in [5.74, 6) is -0.687. The molecule has 1 aliphatic heterocycles. The van der Waals surface area contributed by atoms with Crippen molar-refractivity contribution in [3.63, 3.8) is 0 Å². The molecule has 2 heterocycles. The zero-order valence-corrected chi connectivity index (χ0v) is 12.9. The van der Waals surface area contributed by atoms with Gasteiger partial charge in [0.25, 0.3) is 5.60 Å². The van der Waals surface area contributed by atoms with Gasteiger partial charge in [-0.15, -0.1) is 11.3 Å². The summed E-state index contributed by atoms with van der Waals surface area (Å²) in [7, 11) is 0. The minimum Gasteiger partial charge on any atom is -0.463 e. The molecule has 0 saturated heterocycles. The lowest BCUT2D eigenvalue weighted by Gasteiger charge is -2.23. The van der Waals surface area contributed by atoms with E-state index in [1.54, 1.807) is 13.0 Å². The number of rotatable bonds is 3. The van der Waals surface area contributed by atoms with Crippen LogP contribution in [0, 0.1) is 0 Å². The van der Waals surface area contributed by atoms with E-state index < -0.39 is 11.6 Å². The number of carbonyl (C=O) groups excluding carboxylic acids is 2. The molecule has 116 valence electrons. The Labute approximate surface area is 131 Å². The quantitative estimate of drug-likeness (QED) is 0.866. The molecule has 3 rings (SSSR count). The molecule has 1 aromatic rings. The SMILES string of the molecule is CCOC(=O)[C@@]1(O)C2=C(CCCC2=O)O/C1=C\c1cccs1. The Morgan fingerprint density at radius 1 is 1.55 bits per heavy atom. The first kappa shape index (κ1) is 15.0. The van der Waals surface area contributed by atoms with Gasteiger partial charge in [-0.2, -0.15) is 0 Å². The Morgan fingerprint density at radius 2 is 2.36 bits per heavy atom. The maximum absolute atomic E-state index is 12.3. The van der Waals surface area contributed by atoms with Crippen LogP contribution in [-0.2, 0) is 19.1 Å². The molecule has 1 aliphatic carbocycles. The average molecular weight is 320 g/mol. The summed E-state index contributed by atoms with van der Waals surface area (Å²) in [5, 5.41) is 12.9. The Balaban J connectivity index is 2.09. The molecule has 2 aliphatic rings. The van der Waals surface area contributed by atoms with E-state index in [1.165, 1.54) is 11.3 Å². The molecule has 1 aromatic heterocycles. The molecule has 0 fully saturated rings. The zero-order valence-electron chi connectivity index (χ0n) is 12.1. The lowest BCUT2D eigenvalue weighted by Crippen LogP contribution is -2.44. The number of aliphatic hydroxyl groups is 1. The fourth-order valence-electron chi connectivity index (χ4n) is 2.73. The molecule has 22 heavy (non-hydrogen) atoms. The van der Waals surface area contributed by atoms with Crippen molar-refractivity contribution in [2.75, 3.05) is 6.61 Å². The number of hydrogen-bond acceptors (Lipinski definition) is 6. The highest BCUT2D eigenvalue weighted by Gasteiger charge is 2.56. The molecule has 0 amide bonds. The Morgan fingerprint density at radius 3 is 3.05 bits per heavy atom. The van der Waals surface area contributed by atoms with E-state index in [1.807, 2.05) is 17.5 Å². The van der Waals surface area contributed by atoms with Crippen LogP contribution in [0.5, 0.6) is 0 Å². The second kappa shape index (κ2) is 5.70. The maximum Gasteiger partial charge on any atom is 0.351 e. The van der Waals surface area contributed by atoms with Gasteiger partial charge in [0.2, 0.25) is 0 Å². The monoisotopic (exact) mass is 320 g/mol. The number of esters is 1. The molecule has 0 spiro atoms. The van der Waals surface area contributed by atoms with Crippen molar-refractivity contribution in [2.45, 2.75) is 31.8 Å². The van der Waals surface area contributed by atoms with Crippen LogP contribution in [0.2, 0.25) is 0 Å². The van der Waals surface area contributed by atoms with E-state index >= 15 is 0 Å². The van der Waals surface area contributed by atoms with Crippen molar-refractivity contribution in [3.05, 3.63) is 39.5 Å². The highest BCUT2D eigenvalue weighted by molar-refractivity contribution is 7.10. The molecule has 5 nitrogen and oxygen atoms in total. The minimum atomic E-state index is -2.13. The van der Waals surface area contributed by atoms with Crippen LogP contribution in [0.25, 0.3) is 6.08 Å². The number of ether oxygens (including phenoxy) is 2. The lowest BCUT2D eigenvalue weighted by molar-refractivity contribution is -0.159. The van der Waals surface area contributed by atoms with E-state index in [-0.39, 0.29) is 23.7 Å². The van der Waals surface area contributed by atoms with Crippen molar-refractivity contribution >= 4 is 29.2 Å². The van der Waals surface area contributed by atoms with Gasteiger partial charge in [-0.1, -0.05) is 6.07 Å². The number of allylic oxidation sites excluding steroid dienone is 1. The van der Waals surface area contributed by atoms with Crippen molar-refractivity contribution in [1.29, 1.82) is 0 Å². The number of thiophene rings is 1. The molecule has 1 N–H and O–H groups in total. The fraction of sp³-hybridized carbons (Fsp3) is 0.375. The molecule has 0 saturated carbocycles. The van der Waals surface area contributed by atoms with E-state index in [0.717, 1.165) is 4.88 Å². The van der Waals surface area contributed by atoms with Gasteiger partial charge in [0.05, 0.1) is 12.2 Å². The second-order valence-corrected chi connectivity index (χ2v) is 6.11. The van der Waals surface area contributed by atoms with E-state index in [0.29, 0.717) is 25.0 Å². The molecule has 6 heteroatoms. The van der Waals surface area contributed by atoms with Crippen LogP contribution in [0.4, 0.5) is 0 Å². The fourth-order valence-corrected chi connectivity index (χ4v) is 3.37. The van der Waals surface area contributed by atoms with Crippen LogP contribution in [-0.4, -0.2) is 29.1 Å². The third-order valence-electron chi connectivity index (χ3n) is 3.70. The summed E-state index contributed by atoms with van der Waals surface area (Å²) in [6.45, 7) is 1.77. The van der Waals surface area contributed by atoms with E-state index in [2.05, 4.69) is 0 Å². The van der Waals surface area contributed by atoms with Gasteiger partial charge in [0.1, 0.15) is 5.76 Å². The number of Topliss-reactive ketones (excluding diaryl/α,β-unsaturated/α-hetero) is 1. The number of carbonyl (C=O) groups is 2. The predicted octanol–water partition coefficient (Wildman–Crippen LogP) is 2.42. The van der Waals surface area contributed by atoms with Gasteiger partial charge in [-0.05, 0) is 30.9 Å². The molecule has 0 radical (unpaired) electrons. The molecule has 0 aromatic carbocycles. The van der Waals surface area contributed by atoms with Crippen molar-refractivity contribution in [2.24, 2.45) is 0 Å². The van der Waals surface area contributed by atoms with Crippen LogP contribution < -0.4 is 0 Å². The van der Waals surface area contributed by atoms with Crippen LogP contribution >= 0.6 is 11.3 Å². The summed E-state index contributed by atoms with van der Waals surface area (Å²) in [5.41, 5.74) is -2.09. The van der Waals surface area contributed by atoms with E-state index in [9.17, 15) is 14.7 Å². The normalized spacial score (nSPS) is 26.1. The highest BCUT2D eigenvalue weighted by atomic mass is 32.1. The summed E-state index contributed by atoms with van der Waals surface area (Å²) in [6.07, 6.45) is 3.08. The largest absolute Gasteiger partial charge is 0.463 e. The van der Waals surface area contributed by atoms with Gasteiger partial charge in [0.15, 0.2) is 11.5 Å². The standard InChI is InChI=1S/C16H16O5S/c1-2-20-15(18)16(19)13(9-10-5-4-8-22-10)21-12-7-3-6-11(17)14(12)16/h4-5,8-9,19H,2-3,6-7H2,1H3/b13-9-/t16-/m0/s1. The Hall–Kier alpha value is -1.92. The van der Waals surface area contributed by atoms with Crippen LogP contribution in [0.15, 0.2) is 34.6 Å². The van der Waals surface area contributed by atoms with E-state index in [4.69, 9.17) is 9.47 Å². The molecular formula is C16H16O5S. The summed E-state index contributed by atoms with van der Waals surface area (Å²) in [4.78, 5) is 25.4. The second-order valence-electron chi connectivity index (χ2n) is 5.13. The van der Waals surface area contributed by atoms with Gasteiger partial charge >= 0.3 is 5.97 Å². The van der Waals surface area contributed by atoms with Crippen molar-refractivity contribution in [3.8, 4) is 0 Å². The summed E-state index contributed by atoms with van der Waals surface area (Å²) in [6, 6.07) is 3.69. The molecule has 1 atom stereocenters. The molecule has 0 unspecified atom stereocenters. The smallest absolute Gasteiger partial charge is 0.351 e. The molecule has 0 bridgehead atoms. The van der Waals surface area contributed by atoms with Gasteiger partial charge in [0, 0.05) is 17.7 Å². The molecular weight excluding hydrogens is 304 g/mol.